The van der Waals surface area contributed by atoms with E-state index in [0.29, 0.717) is 0 Å². The van der Waals surface area contributed by atoms with E-state index in [2.05, 4.69) is 24.7 Å². The summed E-state index contributed by atoms with van der Waals surface area (Å²) in [4.78, 5) is 24.7. The second-order valence-electron chi connectivity index (χ2n) is 4.87. The number of anilines is 1. The highest BCUT2D eigenvalue weighted by Gasteiger charge is 2.17. The molecule has 0 aliphatic carbocycles. The van der Waals surface area contributed by atoms with Crippen LogP contribution in [0.5, 0.6) is 0 Å². The standard InChI is InChI=1S/C13H13N5O3S/c1-7-3-4-9(5-8(7)2)22(20,21)18-13-16-11-10(12(19)17-13)14-6-15-11/h3-6H,1-2H3,(H3,14,15,16,17,18,19). The molecule has 9 heteroatoms. The normalized spacial score (nSPS) is 11.7. The number of imidazole rings is 1. The van der Waals surface area contributed by atoms with Crippen LogP contribution in [-0.4, -0.2) is 28.4 Å². The quantitative estimate of drug-likeness (QED) is 0.666. The van der Waals surface area contributed by atoms with Crippen LogP contribution in [-0.2, 0) is 10.0 Å². The Morgan fingerprint density at radius 1 is 1.18 bits per heavy atom. The average Bonchev–Trinajstić information content (AvgIpc) is 2.90. The van der Waals surface area contributed by atoms with Gasteiger partial charge in [-0.15, -0.1) is 0 Å². The van der Waals surface area contributed by atoms with Gasteiger partial charge in [0.15, 0.2) is 11.2 Å². The number of aromatic nitrogens is 4. The molecule has 8 nitrogen and oxygen atoms in total. The first kappa shape index (κ1) is 14.3. The zero-order valence-corrected chi connectivity index (χ0v) is 12.7. The number of nitrogens with one attached hydrogen (secondary N) is 3. The smallest absolute Gasteiger partial charge is 0.278 e. The Bertz CT molecular complexity index is 1020. The third-order valence-electron chi connectivity index (χ3n) is 3.32. The maximum absolute atomic E-state index is 12.3. The zero-order chi connectivity index (χ0) is 15.9. The van der Waals surface area contributed by atoms with Crippen LogP contribution >= 0.6 is 0 Å². The molecule has 114 valence electrons. The Labute approximate surface area is 125 Å². The number of fused-ring (bicyclic) bond motifs is 1. The van der Waals surface area contributed by atoms with Gasteiger partial charge in [-0.3, -0.25) is 9.78 Å². The van der Waals surface area contributed by atoms with E-state index in [1.165, 1.54) is 12.4 Å². The van der Waals surface area contributed by atoms with E-state index in [9.17, 15) is 13.2 Å². The number of aryl methyl sites for hydroxylation is 2. The van der Waals surface area contributed by atoms with Gasteiger partial charge in [0.1, 0.15) is 0 Å². The van der Waals surface area contributed by atoms with Gasteiger partial charge in [0.05, 0.1) is 11.2 Å². The maximum Gasteiger partial charge on any atom is 0.278 e. The Hall–Kier alpha value is -2.68. The lowest BCUT2D eigenvalue weighted by Gasteiger charge is -2.08. The predicted octanol–water partition coefficient (Wildman–Crippen LogP) is 1.06. The summed E-state index contributed by atoms with van der Waals surface area (Å²) in [5.41, 5.74) is 1.67. The van der Waals surface area contributed by atoms with E-state index in [4.69, 9.17) is 0 Å². The number of hydrogen-bond acceptors (Lipinski definition) is 5. The van der Waals surface area contributed by atoms with Gasteiger partial charge in [-0.05, 0) is 37.1 Å². The Morgan fingerprint density at radius 3 is 2.68 bits per heavy atom. The number of rotatable bonds is 3. The third-order valence-corrected chi connectivity index (χ3v) is 4.65. The van der Waals surface area contributed by atoms with Crippen molar-refractivity contribution in [3.8, 4) is 0 Å². The molecular weight excluding hydrogens is 306 g/mol. The molecule has 0 saturated carbocycles. The van der Waals surface area contributed by atoms with Crippen molar-refractivity contribution in [3.05, 3.63) is 46.0 Å². The largest absolute Gasteiger partial charge is 0.339 e. The van der Waals surface area contributed by atoms with E-state index in [1.807, 2.05) is 13.8 Å². The van der Waals surface area contributed by atoms with Crippen molar-refractivity contribution in [2.45, 2.75) is 18.7 Å². The Balaban J connectivity index is 2.02. The number of nitrogens with zero attached hydrogens (tertiary/aromatic N) is 2. The molecule has 0 radical (unpaired) electrons. The molecule has 3 aromatic rings. The monoisotopic (exact) mass is 319 g/mol. The van der Waals surface area contributed by atoms with E-state index < -0.39 is 15.6 Å². The van der Waals surface area contributed by atoms with E-state index in [0.717, 1.165) is 11.1 Å². The molecule has 0 saturated heterocycles. The van der Waals surface area contributed by atoms with Gasteiger partial charge in [0.2, 0.25) is 5.95 Å². The molecule has 3 rings (SSSR count). The molecule has 1 aromatic carbocycles. The predicted molar refractivity (Wildman–Crippen MR) is 81.2 cm³/mol. The van der Waals surface area contributed by atoms with Gasteiger partial charge in [-0.25, -0.2) is 18.1 Å². The van der Waals surface area contributed by atoms with Crippen molar-refractivity contribution >= 4 is 27.1 Å². The second kappa shape index (κ2) is 4.95. The van der Waals surface area contributed by atoms with Crippen LogP contribution in [0.2, 0.25) is 0 Å². The molecule has 0 aliphatic rings. The maximum atomic E-state index is 12.3. The molecule has 0 atom stereocenters. The molecule has 2 aromatic heterocycles. The molecule has 0 fully saturated rings. The van der Waals surface area contributed by atoms with Crippen molar-refractivity contribution in [1.82, 2.24) is 19.9 Å². The summed E-state index contributed by atoms with van der Waals surface area (Å²) in [7, 11) is -3.84. The van der Waals surface area contributed by atoms with Gasteiger partial charge < -0.3 is 4.98 Å². The summed E-state index contributed by atoms with van der Waals surface area (Å²) in [6, 6.07) is 4.77. The van der Waals surface area contributed by atoms with Crippen LogP contribution in [0.3, 0.4) is 0 Å². The second-order valence-corrected chi connectivity index (χ2v) is 6.55. The van der Waals surface area contributed by atoms with Crippen LogP contribution in [0.25, 0.3) is 11.2 Å². The first-order valence-corrected chi connectivity index (χ1v) is 7.88. The fraction of sp³-hybridized carbons (Fsp3) is 0.154. The lowest BCUT2D eigenvalue weighted by Crippen LogP contribution is -2.19. The minimum atomic E-state index is -3.84. The topological polar surface area (TPSA) is 121 Å². The molecule has 0 aliphatic heterocycles. The van der Waals surface area contributed by atoms with Crippen molar-refractivity contribution in [3.63, 3.8) is 0 Å². The summed E-state index contributed by atoms with van der Waals surface area (Å²) in [6.07, 6.45) is 1.31. The molecular formula is C13H13N5O3S. The van der Waals surface area contributed by atoms with Crippen molar-refractivity contribution in [2.75, 3.05) is 4.72 Å². The summed E-state index contributed by atoms with van der Waals surface area (Å²) in [5, 5.41) is 0. The van der Waals surface area contributed by atoms with Crippen LogP contribution in [0.4, 0.5) is 5.95 Å². The third kappa shape index (κ3) is 2.46. The summed E-state index contributed by atoms with van der Waals surface area (Å²) < 4.78 is 27.0. The van der Waals surface area contributed by atoms with Crippen molar-refractivity contribution in [1.29, 1.82) is 0 Å². The highest BCUT2D eigenvalue weighted by atomic mass is 32.2. The molecule has 0 spiro atoms. The number of aromatic amines is 2. The minimum Gasteiger partial charge on any atom is -0.339 e. The number of benzene rings is 1. The minimum absolute atomic E-state index is 0.0976. The lowest BCUT2D eigenvalue weighted by atomic mass is 10.1. The first-order chi connectivity index (χ1) is 10.4. The van der Waals surface area contributed by atoms with E-state index in [-0.39, 0.29) is 22.0 Å². The Kier molecular flexibility index (Phi) is 3.21. The zero-order valence-electron chi connectivity index (χ0n) is 11.8. The fourth-order valence-corrected chi connectivity index (χ4v) is 3.01. The van der Waals surface area contributed by atoms with Crippen molar-refractivity contribution in [2.24, 2.45) is 0 Å². The Morgan fingerprint density at radius 2 is 1.95 bits per heavy atom. The highest BCUT2D eigenvalue weighted by Crippen LogP contribution is 2.17. The van der Waals surface area contributed by atoms with Crippen LogP contribution in [0, 0.1) is 13.8 Å². The average molecular weight is 319 g/mol. The first-order valence-electron chi connectivity index (χ1n) is 6.40. The van der Waals surface area contributed by atoms with Crippen molar-refractivity contribution < 1.29 is 8.42 Å². The lowest BCUT2D eigenvalue weighted by molar-refractivity contribution is 0.600. The van der Waals surface area contributed by atoms with Gasteiger partial charge >= 0.3 is 0 Å². The van der Waals surface area contributed by atoms with Gasteiger partial charge in [-0.2, -0.15) is 4.98 Å². The summed E-state index contributed by atoms with van der Waals surface area (Å²) in [5.74, 6) is -0.178. The van der Waals surface area contributed by atoms with E-state index in [1.54, 1.807) is 12.1 Å². The molecule has 0 amide bonds. The summed E-state index contributed by atoms with van der Waals surface area (Å²) >= 11 is 0. The van der Waals surface area contributed by atoms with Gasteiger partial charge in [0, 0.05) is 0 Å². The number of hydrogen-bond donors (Lipinski definition) is 3. The van der Waals surface area contributed by atoms with Gasteiger partial charge in [0.25, 0.3) is 15.6 Å². The fourth-order valence-electron chi connectivity index (χ4n) is 1.96. The van der Waals surface area contributed by atoms with Gasteiger partial charge in [-0.1, -0.05) is 6.07 Å². The number of H-pyrrole nitrogens is 2. The molecule has 3 N–H and O–H groups in total. The molecule has 0 unspecified atom stereocenters. The SMILES string of the molecule is Cc1ccc(S(=O)(=O)Nc2nc3nc[nH]c3c(=O)[nH]2)cc1C. The van der Waals surface area contributed by atoms with Crippen LogP contribution < -0.4 is 10.3 Å². The number of sulfonamides is 1. The highest BCUT2D eigenvalue weighted by molar-refractivity contribution is 7.92. The van der Waals surface area contributed by atoms with E-state index >= 15 is 0 Å². The van der Waals surface area contributed by atoms with Crippen LogP contribution in [0.15, 0.2) is 34.2 Å². The molecule has 2 heterocycles. The summed E-state index contributed by atoms with van der Waals surface area (Å²) in [6.45, 7) is 3.72. The molecule has 22 heavy (non-hydrogen) atoms. The molecule has 0 bridgehead atoms. The van der Waals surface area contributed by atoms with Crippen LogP contribution in [0.1, 0.15) is 11.1 Å².